The lowest BCUT2D eigenvalue weighted by Gasteiger charge is -2.08. The Kier molecular flexibility index (Phi) is 9.89. The highest BCUT2D eigenvalue weighted by Gasteiger charge is 2.13. The molecule has 0 atom stereocenters. The Morgan fingerprint density at radius 1 is 0.700 bits per heavy atom. The van der Waals surface area contributed by atoms with Gasteiger partial charge >= 0.3 is 11.9 Å². The molecule has 164 valence electrons. The Labute approximate surface area is 177 Å². The van der Waals surface area contributed by atoms with Crippen molar-refractivity contribution in [3.8, 4) is 11.5 Å². The van der Waals surface area contributed by atoms with E-state index in [2.05, 4.69) is 27.7 Å². The summed E-state index contributed by atoms with van der Waals surface area (Å²) >= 11 is 0. The Hall–Kier alpha value is -3.02. The van der Waals surface area contributed by atoms with E-state index in [9.17, 15) is 19.8 Å². The molecular formula is C24H32O6. The second kappa shape index (κ2) is 11.9. The molecule has 0 amide bonds. The number of aryl methyl sites for hydroxylation is 2. The molecule has 4 N–H and O–H groups in total. The number of carbonyl (C=O) groups is 2. The highest BCUT2D eigenvalue weighted by molar-refractivity contribution is 5.91. The molecule has 0 aliphatic rings. The average Bonchev–Trinajstić information content (AvgIpc) is 2.66. The summed E-state index contributed by atoms with van der Waals surface area (Å²) in [7, 11) is 0. The summed E-state index contributed by atoms with van der Waals surface area (Å²) in [5.41, 5.74) is 1.39. The quantitative estimate of drug-likeness (QED) is 0.461. The van der Waals surface area contributed by atoms with Crippen molar-refractivity contribution < 1.29 is 30.0 Å². The molecular weight excluding hydrogens is 384 g/mol. The van der Waals surface area contributed by atoms with Crippen molar-refractivity contribution >= 4 is 11.9 Å². The van der Waals surface area contributed by atoms with Crippen molar-refractivity contribution in [3.05, 3.63) is 58.7 Å². The van der Waals surface area contributed by atoms with Crippen molar-refractivity contribution in [1.82, 2.24) is 0 Å². The second-order valence-corrected chi connectivity index (χ2v) is 8.10. The largest absolute Gasteiger partial charge is 0.507 e. The predicted octanol–water partition coefficient (Wildman–Crippen LogP) is 5.36. The maximum absolute atomic E-state index is 10.8. The molecule has 0 spiro atoms. The van der Waals surface area contributed by atoms with Crippen LogP contribution in [0.25, 0.3) is 0 Å². The SMILES string of the molecule is CC(C)CCc1cccc(C(=O)O)c1O.CC(C)CCc1cccc(C(=O)O)c1O. The lowest BCUT2D eigenvalue weighted by atomic mass is 10.00. The molecule has 0 saturated heterocycles. The number of aromatic carboxylic acids is 2. The molecule has 0 aliphatic heterocycles. The van der Waals surface area contributed by atoms with E-state index < -0.39 is 11.9 Å². The molecule has 0 fully saturated rings. The van der Waals surface area contributed by atoms with Crippen LogP contribution in [0.4, 0.5) is 0 Å². The summed E-state index contributed by atoms with van der Waals surface area (Å²) in [4.78, 5) is 21.5. The van der Waals surface area contributed by atoms with Crippen LogP contribution in [0.5, 0.6) is 11.5 Å². The van der Waals surface area contributed by atoms with Crippen LogP contribution in [-0.4, -0.2) is 32.4 Å². The summed E-state index contributed by atoms with van der Waals surface area (Å²) in [6, 6.07) is 9.69. The first-order chi connectivity index (χ1) is 14.0. The van der Waals surface area contributed by atoms with Gasteiger partial charge in [0.25, 0.3) is 0 Å². The molecule has 0 aromatic heterocycles. The van der Waals surface area contributed by atoms with Crippen molar-refractivity contribution in [2.24, 2.45) is 11.8 Å². The first-order valence-electron chi connectivity index (χ1n) is 10.1. The van der Waals surface area contributed by atoms with E-state index in [4.69, 9.17) is 10.2 Å². The molecule has 0 heterocycles. The number of aromatic hydroxyl groups is 2. The summed E-state index contributed by atoms with van der Waals surface area (Å²) < 4.78 is 0. The van der Waals surface area contributed by atoms with Gasteiger partial charge in [-0.1, -0.05) is 52.0 Å². The monoisotopic (exact) mass is 416 g/mol. The molecule has 6 nitrogen and oxygen atoms in total. The fraction of sp³-hybridized carbons (Fsp3) is 0.417. The maximum Gasteiger partial charge on any atom is 0.339 e. The van der Waals surface area contributed by atoms with E-state index in [1.807, 2.05) is 0 Å². The molecule has 30 heavy (non-hydrogen) atoms. The van der Waals surface area contributed by atoms with E-state index in [-0.39, 0.29) is 22.6 Å². The van der Waals surface area contributed by atoms with Crippen LogP contribution in [0, 0.1) is 11.8 Å². The first-order valence-corrected chi connectivity index (χ1v) is 10.1. The zero-order valence-electron chi connectivity index (χ0n) is 18.1. The lowest BCUT2D eigenvalue weighted by molar-refractivity contribution is 0.0682. The number of carboxylic acids is 2. The zero-order valence-corrected chi connectivity index (χ0v) is 18.1. The van der Waals surface area contributed by atoms with Crippen molar-refractivity contribution in [2.45, 2.75) is 53.4 Å². The smallest absolute Gasteiger partial charge is 0.339 e. The summed E-state index contributed by atoms with van der Waals surface area (Å²) in [6.07, 6.45) is 3.31. The fourth-order valence-electron chi connectivity index (χ4n) is 2.82. The number of hydrogen-bond donors (Lipinski definition) is 4. The van der Waals surface area contributed by atoms with Crippen molar-refractivity contribution in [1.29, 1.82) is 0 Å². The van der Waals surface area contributed by atoms with Crippen LogP contribution in [-0.2, 0) is 12.8 Å². The number of carboxylic acid groups (broad SMARTS) is 2. The van der Waals surface area contributed by atoms with E-state index in [1.54, 1.807) is 24.3 Å². The normalized spacial score (nSPS) is 10.6. The van der Waals surface area contributed by atoms with Gasteiger partial charge in [0.15, 0.2) is 0 Å². The first kappa shape index (κ1) is 25.0. The van der Waals surface area contributed by atoms with Crippen LogP contribution in [0.2, 0.25) is 0 Å². The third-order valence-corrected chi connectivity index (χ3v) is 4.68. The lowest BCUT2D eigenvalue weighted by Crippen LogP contribution is -2.00. The zero-order chi connectivity index (χ0) is 22.8. The molecule has 2 aromatic carbocycles. The average molecular weight is 417 g/mol. The van der Waals surface area contributed by atoms with Gasteiger partial charge in [-0.15, -0.1) is 0 Å². The number of hydrogen-bond acceptors (Lipinski definition) is 4. The number of para-hydroxylation sites is 2. The minimum Gasteiger partial charge on any atom is -0.507 e. The standard InChI is InChI=1S/2C12H16O3/c2*1-8(2)6-7-9-4-3-5-10(11(9)13)12(14)15/h2*3-5,8,13H,6-7H2,1-2H3,(H,14,15). The molecule has 0 saturated carbocycles. The van der Waals surface area contributed by atoms with Gasteiger partial charge in [-0.3, -0.25) is 0 Å². The van der Waals surface area contributed by atoms with Crippen LogP contribution in [0.15, 0.2) is 36.4 Å². The Balaban J connectivity index is 0.000000300. The predicted molar refractivity (Wildman–Crippen MR) is 116 cm³/mol. The molecule has 0 unspecified atom stereocenters. The van der Waals surface area contributed by atoms with Gasteiger partial charge in [-0.05, 0) is 60.8 Å². The fourth-order valence-corrected chi connectivity index (χ4v) is 2.82. The van der Waals surface area contributed by atoms with Crippen molar-refractivity contribution in [2.75, 3.05) is 0 Å². The van der Waals surface area contributed by atoms with E-state index in [0.29, 0.717) is 35.8 Å². The minimum atomic E-state index is -1.08. The van der Waals surface area contributed by atoms with Crippen LogP contribution < -0.4 is 0 Å². The van der Waals surface area contributed by atoms with Crippen LogP contribution >= 0.6 is 0 Å². The molecule has 6 heteroatoms. The highest BCUT2D eigenvalue weighted by Crippen LogP contribution is 2.25. The third-order valence-electron chi connectivity index (χ3n) is 4.68. The molecule has 2 aromatic rings. The number of phenols is 2. The summed E-state index contributed by atoms with van der Waals surface area (Å²) in [5.74, 6) is -1.27. The Morgan fingerprint density at radius 2 is 1.03 bits per heavy atom. The maximum atomic E-state index is 10.8. The van der Waals surface area contributed by atoms with E-state index in [1.165, 1.54) is 12.1 Å². The molecule has 0 radical (unpaired) electrons. The van der Waals surface area contributed by atoms with Gasteiger partial charge in [0.05, 0.1) is 0 Å². The number of rotatable bonds is 8. The topological polar surface area (TPSA) is 115 Å². The summed E-state index contributed by atoms with van der Waals surface area (Å²) in [5, 5.41) is 37.0. The van der Waals surface area contributed by atoms with Crippen LogP contribution in [0.1, 0.15) is 72.4 Å². The Morgan fingerprint density at radius 3 is 1.30 bits per heavy atom. The van der Waals surface area contributed by atoms with Gasteiger partial charge in [0.1, 0.15) is 22.6 Å². The van der Waals surface area contributed by atoms with Gasteiger partial charge in [0, 0.05) is 0 Å². The Bertz CT molecular complexity index is 783. The number of benzene rings is 2. The van der Waals surface area contributed by atoms with E-state index >= 15 is 0 Å². The van der Waals surface area contributed by atoms with Gasteiger partial charge in [0.2, 0.25) is 0 Å². The molecule has 0 aliphatic carbocycles. The third kappa shape index (κ3) is 7.78. The molecule has 2 rings (SSSR count). The van der Waals surface area contributed by atoms with Gasteiger partial charge in [-0.2, -0.15) is 0 Å². The van der Waals surface area contributed by atoms with E-state index in [0.717, 1.165) is 12.8 Å². The van der Waals surface area contributed by atoms with Gasteiger partial charge < -0.3 is 20.4 Å². The molecule has 0 bridgehead atoms. The van der Waals surface area contributed by atoms with Crippen LogP contribution in [0.3, 0.4) is 0 Å². The highest BCUT2D eigenvalue weighted by atomic mass is 16.4. The minimum absolute atomic E-state index is 0.0174. The van der Waals surface area contributed by atoms with Crippen molar-refractivity contribution in [3.63, 3.8) is 0 Å². The second-order valence-electron chi connectivity index (χ2n) is 8.10. The van der Waals surface area contributed by atoms with Gasteiger partial charge in [-0.25, -0.2) is 9.59 Å². The summed E-state index contributed by atoms with van der Waals surface area (Å²) in [6.45, 7) is 8.38.